The molecule has 5 nitrogen and oxygen atoms in total. The molecule has 2 saturated heterocycles. The van der Waals surface area contributed by atoms with Gasteiger partial charge in [-0.05, 0) is 92.7 Å². The molecule has 8 heteroatoms. The van der Waals surface area contributed by atoms with Gasteiger partial charge in [0, 0.05) is 62.8 Å². The van der Waals surface area contributed by atoms with Crippen molar-refractivity contribution < 1.29 is 18.4 Å². The lowest BCUT2D eigenvalue weighted by molar-refractivity contribution is -0.139. The van der Waals surface area contributed by atoms with Crippen LogP contribution in [0.25, 0.3) is 0 Å². The monoisotopic (exact) mass is 613 g/mol. The van der Waals surface area contributed by atoms with Crippen molar-refractivity contribution in [1.82, 2.24) is 14.7 Å². The van der Waals surface area contributed by atoms with Crippen LogP contribution >= 0.6 is 11.6 Å². The van der Waals surface area contributed by atoms with E-state index in [-0.39, 0.29) is 34.6 Å². The van der Waals surface area contributed by atoms with Gasteiger partial charge in [-0.15, -0.1) is 0 Å². The van der Waals surface area contributed by atoms with Gasteiger partial charge in [0.15, 0.2) is 0 Å². The maximum Gasteiger partial charge on any atom is 0.228 e. The molecule has 2 fully saturated rings. The van der Waals surface area contributed by atoms with Crippen LogP contribution < -0.4 is 0 Å². The first-order valence-corrected chi connectivity index (χ1v) is 15.8. The maximum atomic E-state index is 15.0. The molecule has 2 amide bonds. The lowest BCUT2D eigenvalue weighted by Crippen LogP contribution is -2.48. The molecule has 3 atom stereocenters. The molecular weight excluding hydrogens is 568 g/mol. The van der Waals surface area contributed by atoms with Crippen LogP contribution in [-0.2, 0) is 15.0 Å². The highest BCUT2D eigenvalue weighted by atomic mass is 35.5. The van der Waals surface area contributed by atoms with Gasteiger partial charge in [-0.1, -0.05) is 37.6 Å². The first-order valence-electron chi connectivity index (χ1n) is 15.5. The molecule has 43 heavy (non-hydrogen) atoms. The average Bonchev–Trinajstić information content (AvgIpc) is 3.50. The fraction of sp³-hybridized carbons (Fsp3) is 0.600. The summed E-state index contributed by atoms with van der Waals surface area (Å²) in [7, 11) is 3.61. The summed E-state index contributed by atoms with van der Waals surface area (Å²) >= 11 is 6.68. The number of likely N-dealkylation sites (tertiary alicyclic amines) is 2. The molecule has 0 radical (unpaired) electrons. The Hall–Kier alpha value is -2.51. The van der Waals surface area contributed by atoms with E-state index in [9.17, 15) is 14.0 Å². The normalized spacial score (nSPS) is 24.0. The van der Waals surface area contributed by atoms with Crippen molar-refractivity contribution in [2.45, 2.75) is 83.6 Å². The molecule has 2 heterocycles. The van der Waals surface area contributed by atoms with Crippen LogP contribution in [0.4, 0.5) is 8.78 Å². The average molecular weight is 614 g/mol. The van der Waals surface area contributed by atoms with Gasteiger partial charge in [0.1, 0.15) is 11.6 Å². The molecule has 0 saturated carbocycles. The molecule has 0 unspecified atom stereocenters. The zero-order chi connectivity index (χ0) is 31.6. The number of nitrogens with zero attached hydrogens (tertiary/aromatic N) is 3. The predicted molar refractivity (Wildman–Crippen MR) is 167 cm³/mol. The summed E-state index contributed by atoms with van der Waals surface area (Å²) in [6, 6.07) is 7.98. The van der Waals surface area contributed by atoms with Gasteiger partial charge in [-0.25, -0.2) is 8.78 Å². The van der Waals surface area contributed by atoms with E-state index in [2.05, 4.69) is 37.8 Å². The van der Waals surface area contributed by atoms with Gasteiger partial charge in [-0.3, -0.25) is 14.5 Å². The van der Waals surface area contributed by atoms with Crippen molar-refractivity contribution in [2.24, 2.45) is 11.3 Å². The first kappa shape index (κ1) is 31.9. The van der Waals surface area contributed by atoms with Crippen molar-refractivity contribution in [3.8, 4) is 0 Å². The molecule has 0 bridgehead atoms. The largest absolute Gasteiger partial charge is 0.348 e. The Balaban J connectivity index is 1.42. The second-order valence-electron chi connectivity index (χ2n) is 14.9. The lowest BCUT2D eigenvalue weighted by atomic mass is 9.69. The van der Waals surface area contributed by atoms with Crippen LogP contribution in [0.5, 0.6) is 0 Å². The Kier molecular flexibility index (Phi) is 8.26. The van der Waals surface area contributed by atoms with Crippen LogP contribution in [0.15, 0.2) is 30.3 Å². The number of carbonyl (C=O) groups is 2. The third-order valence-electron chi connectivity index (χ3n) is 10.7. The van der Waals surface area contributed by atoms with E-state index < -0.39 is 23.0 Å². The number of hydrogen-bond donors (Lipinski definition) is 0. The number of halogens is 3. The third kappa shape index (κ3) is 5.61. The van der Waals surface area contributed by atoms with Crippen LogP contribution in [0.2, 0.25) is 5.02 Å². The van der Waals surface area contributed by atoms with E-state index in [4.69, 9.17) is 11.6 Å². The minimum absolute atomic E-state index is 0.0372. The smallest absolute Gasteiger partial charge is 0.228 e. The standard InChI is InChI=1S/C35H46ClF2N3O2/c1-21-15-24-27(17-29(21)36)35(18-28(24)34(5,6)32(43)39(7)8)11-13-40(14-12-35)31(42)26-20-41(33(2,3)4)19-25(26)23-10-9-22(37)16-30(23)38/h9-10,15-17,25-26,28H,11-14,18-20H2,1-8H3/t25-,26+,28+/m0/s1. The molecule has 2 aromatic carbocycles. The lowest BCUT2D eigenvalue weighted by Gasteiger charge is -2.42. The fourth-order valence-corrected chi connectivity index (χ4v) is 8.18. The summed E-state index contributed by atoms with van der Waals surface area (Å²) in [6.45, 7) is 14.7. The molecule has 0 N–H and O–H groups in total. The maximum absolute atomic E-state index is 15.0. The summed E-state index contributed by atoms with van der Waals surface area (Å²) in [5, 5.41) is 0.728. The quantitative estimate of drug-likeness (QED) is 0.377. The van der Waals surface area contributed by atoms with Gasteiger partial charge in [0.25, 0.3) is 0 Å². The summed E-state index contributed by atoms with van der Waals surface area (Å²) in [5.41, 5.74) is 2.87. The van der Waals surface area contributed by atoms with Crippen molar-refractivity contribution >= 4 is 23.4 Å². The van der Waals surface area contributed by atoms with E-state index in [1.54, 1.807) is 4.90 Å². The number of piperidine rings is 1. The second-order valence-corrected chi connectivity index (χ2v) is 15.3. The van der Waals surface area contributed by atoms with Crippen LogP contribution in [0.3, 0.4) is 0 Å². The van der Waals surface area contributed by atoms with Crippen LogP contribution in [-0.4, -0.2) is 72.3 Å². The van der Waals surface area contributed by atoms with Gasteiger partial charge >= 0.3 is 0 Å². The number of carbonyl (C=O) groups excluding carboxylic acids is 2. The van der Waals surface area contributed by atoms with Gasteiger partial charge < -0.3 is 9.80 Å². The first-order chi connectivity index (χ1) is 20.0. The molecule has 1 aliphatic carbocycles. The van der Waals surface area contributed by atoms with Gasteiger partial charge in [0.05, 0.1) is 11.3 Å². The van der Waals surface area contributed by atoms with Crippen LogP contribution in [0, 0.1) is 29.9 Å². The Labute approximate surface area is 260 Å². The number of amides is 2. The number of fused-ring (bicyclic) bond motifs is 2. The molecule has 5 rings (SSSR count). The van der Waals surface area contributed by atoms with E-state index in [1.165, 1.54) is 23.3 Å². The highest BCUT2D eigenvalue weighted by molar-refractivity contribution is 6.31. The number of benzene rings is 2. The minimum Gasteiger partial charge on any atom is -0.348 e. The Morgan fingerprint density at radius 1 is 0.977 bits per heavy atom. The van der Waals surface area contributed by atoms with Crippen molar-refractivity contribution in [2.75, 3.05) is 40.3 Å². The van der Waals surface area contributed by atoms with E-state index >= 15 is 4.39 Å². The van der Waals surface area contributed by atoms with Crippen LogP contribution in [0.1, 0.15) is 88.0 Å². The van der Waals surface area contributed by atoms with Crippen molar-refractivity contribution in [3.63, 3.8) is 0 Å². The van der Waals surface area contributed by atoms with Crippen molar-refractivity contribution in [1.29, 1.82) is 0 Å². The van der Waals surface area contributed by atoms with Gasteiger partial charge in [0.2, 0.25) is 11.8 Å². The SMILES string of the molecule is Cc1cc2c(cc1Cl)C1(CCN(C(=O)[C@@H]3CN(C(C)(C)C)C[C@H]3c3ccc(F)cc3F)CC1)C[C@H]2C(C)(C)C(=O)N(C)C. The summed E-state index contributed by atoms with van der Waals surface area (Å²) in [6.07, 6.45) is 2.39. The summed E-state index contributed by atoms with van der Waals surface area (Å²) < 4.78 is 28.8. The zero-order valence-electron chi connectivity index (χ0n) is 26.9. The predicted octanol–water partition coefficient (Wildman–Crippen LogP) is 6.90. The van der Waals surface area contributed by atoms with Crippen molar-refractivity contribution in [3.05, 3.63) is 69.2 Å². The van der Waals surface area contributed by atoms with Gasteiger partial charge in [-0.2, -0.15) is 0 Å². The van der Waals surface area contributed by atoms with E-state index in [0.717, 1.165) is 35.9 Å². The number of hydrogen-bond acceptors (Lipinski definition) is 3. The Morgan fingerprint density at radius 2 is 1.63 bits per heavy atom. The summed E-state index contributed by atoms with van der Waals surface area (Å²) in [5.74, 6) is -1.79. The molecule has 0 aromatic heterocycles. The molecule has 3 aliphatic rings. The third-order valence-corrected chi connectivity index (χ3v) is 11.1. The molecule has 2 aromatic rings. The zero-order valence-corrected chi connectivity index (χ0v) is 27.6. The molecule has 234 valence electrons. The fourth-order valence-electron chi connectivity index (χ4n) is 8.01. The highest BCUT2D eigenvalue weighted by Crippen LogP contribution is 2.58. The Bertz CT molecular complexity index is 1420. The van der Waals surface area contributed by atoms with E-state index in [1.807, 2.05) is 39.8 Å². The number of rotatable bonds is 4. The minimum atomic E-state index is -0.614. The Morgan fingerprint density at radius 3 is 2.21 bits per heavy atom. The molecule has 1 spiro atoms. The highest BCUT2D eigenvalue weighted by Gasteiger charge is 2.53. The molecule has 2 aliphatic heterocycles. The summed E-state index contributed by atoms with van der Waals surface area (Å²) in [4.78, 5) is 33.4. The topological polar surface area (TPSA) is 43.9 Å². The number of aryl methyl sites for hydroxylation is 1. The van der Waals surface area contributed by atoms with E-state index in [0.29, 0.717) is 31.7 Å². The molecular formula is C35H46ClF2N3O2. The second kappa shape index (κ2) is 11.1.